The molecule has 3 aromatic rings. The highest BCUT2D eigenvalue weighted by Crippen LogP contribution is 2.27. The van der Waals surface area contributed by atoms with E-state index >= 15 is 0 Å². The van der Waals surface area contributed by atoms with Gasteiger partial charge >= 0.3 is 5.97 Å². The average molecular weight is 373 g/mol. The summed E-state index contributed by atoms with van der Waals surface area (Å²) in [5.74, 6) is -1.42. The first kappa shape index (κ1) is 18.6. The summed E-state index contributed by atoms with van der Waals surface area (Å²) in [5.41, 5.74) is 1.16. The predicted molar refractivity (Wildman–Crippen MR) is 99.0 cm³/mol. The molecule has 0 aliphatic carbocycles. The smallest absolute Gasteiger partial charge is 0.305 e. The number of carboxylic acid groups (broad SMARTS) is 1. The van der Waals surface area contributed by atoms with E-state index < -0.39 is 17.8 Å². The average Bonchev–Trinajstić information content (AvgIpc) is 3.00. The van der Waals surface area contributed by atoms with Gasteiger partial charge in [-0.05, 0) is 12.0 Å². The summed E-state index contributed by atoms with van der Waals surface area (Å²) in [6.45, 7) is 3.73. The Morgan fingerprint density at radius 3 is 2.85 bits per heavy atom. The van der Waals surface area contributed by atoms with Crippen LogP contribution in [0, 0.1) is 11.7 Å². The molecule has 0 aromatic carbocycles. The minimum atomic E-state index is -0.965. The lowest BCUT2D eigenvalue weighted by Crippen LogP contribution is -2.33. The third-order valence-corrected chi connectivity index (χ3v) is 4.37. The van der Waals surface area contributed by atoms with Gasteiger partial charge in [-0.2, -0.15) is 0 Å². The number of halogens is 1. The molecule has 1 unspecified atom stereocenters. The number of rotatable bonds is 6. The maximum atomic E-state index is 13.6. The fourth-order valence-corrected chi connectivity index (χ4v) is 2.84. The molecule has 27 heavy (non-hydrogen) atoms. The van der Waals surface area contributed by atoms with E-state index in [1.54, 1.807) is 19.4 Å². The lowest BCUT2D eigenvalue weighted by atomic mass is 10.0. The van der Waals surface area contributed by atoms with Crippen LogP contribution in [0.25, 0.3) is 22.3 Å². The van der Waals surface area contributed by atoms with Crippen LogP contribution in [0.1, 0.15) is 20.3 Å². The van der Waals surface area contributed by atoms with Crippen LogP contribution >= 0.6 is 0 Å². The minimum Gasteiger partial charge on any atom is -0.481 e. The number of hydrogen-bond acceptors (Lipinski definition) is 5. The molecule has 1 atom stereocenters. The number of aryl methyl sites for hydroxylation is 1. The first-order valence-electron chi connectivity index (χ1n) is 8.45. The number of pyridine rings is 1. The normalized spacial score (nSPS) is 12.5. The molecular weight excluding hydrogens is 353 g/mol. The maximum Gasteiger partial charge on any atom is 0.305 e. The van der Waals surface area contributed by atoms with Crippen LogP contribution in [0.15, 0.2) is 29.5 Å². The molecule has 3 heterocycles. The molecule has 0 aliphatic rings. The van der Waals surface area contributed by atoms with Crippen LogP contribution in [0.2, 0.25) is 0 Å². The fraction of sp³-hybridized carbons (Fsp3) is 0.333. The molecule has 142 valence electrons. The Bertz CT molecular complexity index is 1060. The Morgan fingerprint density at radius 1 is 1.44 bits per heavy atom. The second kappa shape index (κ2) is 7.18. The predicted octanol–water partition coefficient (Wildman–Crippen LogP) is 2.37. The molecule has 0 saturated carbocycles. The van der Waals surface area contributed by atoms with Crippen molar-refractivity contribution in [2.45, 2.75) is 26.3 Å². The minimum absolute atomic E-state index is 0.0253. The molecule has 9 heteroatoms. The molecule has 0 amide bonds. The van der Waals surface area contributed by atoms with Gasteiger partial charge in [0.25, 0.3) is 5.56 Å². The molecule has 0 saturated heterocycles. The summed E-state index contributed by atoms with van der Waals surface area (Å²) in [6.07, 6.45) is 4.16. The molecule has 3 rings (SSSR count). The van der Waals surface area contributed by atoms with Crippen LogP contribution in [0.4, 0.5) is 10.2 Å². The van der Waals surface area contributed by atoms with Crippen LogP contribution in [-0.4, -0.2) is 36.6 Å². The van der Waals surface area contributed by atoms with E-state index in [2.05, 4.69) is 20.3 Å². The molecule has 3 N–H and O–H groups in total. The summed E-state index contributed by atoms with van der Waals surface area (Å²) in [4.78, 5) is 34.9. The van der Waals surface area contributed by atoms with Crippen molar-refractivity contribution >= 4 is 22.8 Å². The quantitative estimate of drug-likeness (QED) is 0.611. The third-order valence-electron chi connectivity index (χ3n) is 4.37. The van der Waals surface area contributed by atoms with E-state index in [1.165, 1.54) is 10.6 Å². The lowest BCUT2D eigenvalue weighted by Gasteiger charge is -2.21. The summed E-state index contributed by atoms with van der Waals surface area (Å²) < 4.78 is 15.0. The summed E-state index contributed by atoms with van der Waals surface area (Å²) >= 11 is 0. The highest BCUT2D eigenvalue weighted by Gasteiger charge is 2.20. The number of carboxylic acids is 1. The molecule has 8 nitrogen and oxygen atoms in total. The Kier molecular flexibility index (Phi) is 4.93. The highest BCUT2D eigenvalue weighted by atomic mass is 19.1. The number of hydrogen-bond donors (Lipinski definition) is 3. The number of aromatic amines is 1. The lowest BCUT2D eigenvalue weighted by molar-refractivity contribution is -0.137. The van der Waals surface area contributed by atoms with Crippen molar-refractivity contribution in [3.05, 3.63) is 40.8 Å². The number of carbonyl (C=O) groups is 1. The molecule has 0 fully saturated rings. The molecule has 3 aromatic heterocycles. The van der Waals surface area contributed by atoms with Crippen molar-refractivity contribution in [2.75, 3.05) is 5.32 Å². The topological polar surface area (TPSA) is 113 Å². The summed E-state index contributed by atoms with van der Waals surface area (Å²) in [7, 11) is 1.58. The second-order valence-electron chi connectivity index (χ2n) is 6.74. The van der Waals surface area contributed by atoms with E-state index in [9.17, 15) is 14.0 Å². The van der Waals surface area contributed by atoms with Gasteiger partial charge in [-0.25, -0.2) is 14.4 Å². The van der Waals surface area contributed by atoms with Crippen molar-refractivity contribution in [1.82, 2.24) is 19.5 Å². The number of aliphatic carboxylic acids is 1. The number of aromatic nitrogens is 4. The number of fused-ring (bicyclic) bond motifs is 1. The van der Waals surface area contributed by atoms with Gasteiger partial charge in [0.05, 0.1) is 18.3 Å². The zero-order chi connectivity index (χ0) is 19.7. The van der Waals surface area contributed by atoms with Crippen molar-refractivity contribution in [1.29, 1.82) is 0 Å². The number of nitrogens with one attached hydrogen (secondary N) is 2. The van der Waals surface area contributed by atoms with Gasteiger partial charge < -0.3 is 20.0 Å². The Labute approximate surface area is 154 Å². The zero-order valence-electron chi connectivity index (χ0n) is 15.2. The standard InChI is InChI=1S/C18H20FN5O3/c1-9(2)13(5-15(25)26)22-17-18(27)24(3)8-14(23-17)12-7-21-16-11(12)4-10(19)6-20-16/h4,6-9,13H,5H2,1-3H3,(H,20,21)(H,22,23)(H,25,26). The highest BCUT2D eigenvalue weighted by molar-refractivity contribution is 5.92. The Morgan fingerprint density at radius 2 is 2.19 bits per heavy atom. The number of nitrogens with zero attached hydrogens (tertiary/aromatic N) is 3. The Balaban J connectivity index is 2.07. The van der Waals surface area contributed by atoms with E-state index in [0.29, 0.717) is 22.3 Å². The van der Waals surface area contributed by atoms with E-state index in [0.717, 1.165) is 6.20 Å². The van der Waals surface area contributed by atoms with E-state index in [1.807, 2.05) is 13.8 Å². The van der Waals surface area contributed by atoms with Gasteiger partial charge in [0.1, 0.15) is 11.5 Å². The van der Waals surface area contributed by atoms with Crippen LogP contribution in [0.5, 0.6) is 0 Å². The van der Waals surface area contributed by atoms with Crippen molar-refractivity contribution in [3.8, 4) is 11.3 Å². The molecule has 0 bridgehead atoms. The SMILES string of the molecule is CC(C)C(CC(=O)O)Nc1nc(-c2c[nH]c3ncc(F)cc23)cn(C)c1=O. The van der Waals surface area contributed by atoms with Crippen LogP contribution < -0.4 is 10.9 Å². The van der Waals surface area contributed by atoms with Gasteiger partial charge in [0.2, 0.25) is 0 Å². The van der Waals surface area contributed by atoms with Gasteiger partial charge in [-0.1, -0.05) is 13.8 Å². The number of H-pyrrole nitrogens is 1. The first-order chi connectivity index (χ1) is 12.8. The molecule has 0 spiro atoms. The zero-order valence-corrected chi connectivity index (χ0v) is 15.2. The summed E-state index contributed by atoms with van der Waals surface area (Å²) in [5, 5.41) is 12.6. The Hall–Kier alpha value is -3.23. The first-order valence-corrected chi connectivity index (χ1v) is 8.45. The monoisotopic (exact) mass is 373 g/mol. The van der Waals surface area contributed by atoms with Crippen LogP contribution in [-0.2, 0) is 11.8 Å². The van der Waals surface area contributed by atoms with Crippen molar-refractivity contribution < 1.29 is 14.3 Å². The molecular formula is C18H20FN5O3. The van der Waals surface area contributed by atoms with Gasteiger partial charge in [-0.15, -0.1) is 0 Å². The maximum absolute atomic E-state index is 13.6. The van der Waals surface area contributed by atoms with Gasteiger partial charge in [0, 0.05) is 36.4 Å². The van der Waals surface area contributed by atoms with Gasteiger partial charge in [-0.3, -0.25) is 9.59 Å². The van der Waals surface area contributed by atoms with Crippen molar-refractivity contribution in [3.63, 3.8) is 0 Å². The van der Waals surface area contributed by atoms with E-state index in [-0.39, 0.29) is 23.7 Å². The summed E-state index contributed by atoms with van der Waals surface area (Å²) in [6, 6.07) is 0.884. The van der Waals surface area contributed by atoms with Gasteiger partial charge in [0.15, 0.2) is 5.82 Å². The third kappa shape index (κ3) is 3.81. The second-order valence-corrected chi connectivity index (χ2v) is 6.74. The van der Waals surface area contributed by atoms with E-state index in [4.69, 9.17) is 5.11 Å². The fourth-order valence-electron chi connectivity index (χ4n) is 2.84. The largest absolute Gasteiger partial charge is 0.481 e. The van der Waals surface area contributed by atoms with Crippen molar-refractivity contribution in [2.24, 2.45) is 13.0 Å². The molecule has 0 aliphatic heterocycles. The number of anilines is 1. The van der Waals surface area contributed by atoms with Crippen LogP contribution in [0.3, 0.4) is 0 Å². The molecule has 0 radical (unpaired) electrons.